The highest BCUT2D eigenvalue weighted by Crippen LogP contribution is 2.39. The quantitative estimate of drug-likeness (QED) is 0.776. The maximum absolute atomic E-state index is 6.66. The summed E-state index contributed by atoms with van der Waals surface area (Å²) in [4.78, 5) is 13.9. The second kappa shape index (κ2) is 8.41. The Labute approximate surface area is 175 Å². The van der Waals surface area contributed by atoms with Crippen molar-refractivity contribution >= 4 is 0 Å². The Morgan fingerprint density at radius 1 is 1.17 bits per heavy atom. The molecule has 4 rings (SSSR count). The largest absolute Gasteiger partial charge is 0.486 e. The molecule has 2 aliphatic rings. The van der Waals surface area contributed by atoms with Crippen LogP contribution >= 0.6 is 0 Å². The smallest absolute Gasteiger partial charge is 0.130 e. The van der Waals surface area contributed by atoms with Crippen molar-refractivity contribution in [2.45, 2.75) is 70.2 Å². The van der Waals surface area contributed by atoms with Gasteiger partial charge in [0.1, 0.15) is 17.2 Å². The van der Waals surface area contributed by atoms with E-state index in [0.717, 1.165) is 56.9 Å². The number of nitrogens with zero attached hydrogens (tertiary/aromatic N) is 4. The highest BCUT2D eigenvalue weighted by molar-refractivity contribution is 5.35. The van der Waals surface area contributed by atoms with Gasteiger partial charge in [-0.2, -0.15) is 0 Å². The molecule has 2 aromatic rings. The van der Waals surface area contributed by atoms with Crippen molar-refractivity contribution in [3.05, 3.63) is 53.6 Å². The van der Waals surface area contributed by atoms with Crippen molar-refractivity contribution in [2.75, 3.05) is 20.6 Å². The molecule has 1 aromatic carbocycles. The van der Waals surface area contributed by atoms with Crippen LogP contribution in [0.15, 0.2) is 36.7 Å². The highest BCUT2D eigenvalue weighted by Gasteiger charge is 2.41. The lowest BCUT2D eigenvalue weighted by atomic mass is 9.81. The molecule has 0 amide bonds. The van der Waals surface area contributed by atoms with Crippen LogP contribution in [0.25, 0.3) is 0 Å². The Hall–Kier alpha value is -1.98. The topological polar surface area (TPSA) is 41.5 Å². The van der Waals surface area contributed by atoms with Gasteiger partial charge in [-0.1, -0.05) is 32.0 Å². The molecule has 156 valence electrons. The summed E-state index contributed by atoms with van der Waals surface area (Å²) in [5, 5.41) is 0. The van der Waals surface area contributed by atoms with Gasteiger partial charge in [-0.3, -0.25) is 9.80 Å². The zero-order valence-electron chi connectivity index (χ0n) is 18.3. The van der Waals surface area contributed by atoms with Gasteiger partial charge in [-0.05, 0) is 45.8 Å². The Balaban J connectivity index is 1.38. The number of rotatable bonds is 4. The SMILES string of the molecule is CC(C)c1ncc(CN(C)C2CCC3(CC2)CN(C)Cc2ccccc2O3)cn1. The molecule has 0 unspecified atom stereocenters. The maximum Gasteiger partial charge on any atom is 0.130 e. The molecule has 0 saturated heterocycles. The fourth-order valence-electron chi connectivity index (χ4n) is 4.83. The van der Waals surface area contributed by atoms with Gasteiger partial charge in [0.05, 0.1) is 0 Å². The standard InChI is InChI=1S/C24H34N4O/c1-18(2)23-25-13-19(14-26-23)15-28(4)21-9-11-24(12-10-21)17-27(3)16-20-7-5-6-8-22(20)29-24/h5-8,13-14,18,21H,9-12,15-17H2,1-4H3. The van der Waals surface area contributed by atoms with Gasteiger partial charge in [0.2, 0.25) is 0 Å². The second-order valence-electron chi connectivity index (χ2n) is 9.32. The summed E-state index contributed by atoms with van der Waals surface area (Å²) in [6.07, 6.45) is 8.51. The molecule has 5 nitrogen and oxygen atoms in total. The normalized spacial score (nSPS) is 25.1. The molecule has 1 aliphatic heterocycles. The number of para-hydroxylation sites is 1. The van der Waals surface area contributed by atoms with Crippen molar-refractivity contribution in [2.24, 2.45) is 0 Å². The Kier molecular flexibility index (Phi) is 5.88. The van der Waals surface area contributed by atoms with E-state index in [1.807, 2.05) is 12.4 Å². The summed E-state index contributed by atoms with van der Waals surface area (Å²) >= 11 is 0. The van der Waals surface area contributed by atoms with E-state index in [2.05, 4.69) is 72.0 Å². The van der Waals surface area contributed by atoms with E-state index in [4.69, 9.17) is 4.74 Å². The number of aromatic nitrogens is 2. The van der Waals surface area contributed by atoms with Crippen molar-refractivity contribution in [3.8, 4) is 5.75 Å². The number of fused-ring (bicyclic) bond motifs is 1. The summed E-state index contributed by atoms with van der Waals surface area (Å²) < 4.78 is 6.66. The van der Waals surface area contributed by atoms with Crippen LogP contribution in [0.2, 0.25) is 0 Å². The molecule has 1 fully saturated rings. The predicted molar refractivity (Wildman–Crippen MR) is 116 cm³/mol. The molecule has 1 saturated carbocycles. The minimum atomic E-state index is -0.0548. The summed E-state index contributed by atoms with van der Waals surface area (Å²) in [6, 6.07) is 9.10. The third-order valence-corrected chi connectivity index (χ3v) is 6.46. The first-order valence-electron chi connectivity index (χ1n) is 10.9. The van der Waals surface area contributed by atoms with Gasteiger partial charge in [-0.15, -0.1) is 0 Å². The molecular weight excluding hydrogens is 360 g/mol. The second-order valence-corrected chi connectivity index (χ2v) is 9.32. The lowest BCUT2D eigenvalue weighted by molar-refractivity contribution is -0.0108. The summed E-state index contributed by atoms with van der Waals surface area (Å²) in [7, 11) is 4.45. The minimum absolute atomic E-state index is 0.0548. The number of benzene rings is 1. The monoisotopic (exact) mass is 394 g/mol. The fraction of sp³-hybridized carbons (Fsp3) is 0.583. The van der Waals surface area contributed by atoms with Crippen LogP contribution in [0.1, 0.15) is 62.4 Å². The molecule has 1 aromatic heterocycles. The third-order valence-electron chi connectivity index (χ3n) is 6.46. The Bertz CT molecular complexity index is 812. The molecule has 0 atom stereocenters. The van der Waals surface area contributed by atoms with Crippen LogP contribution in [0.5, 0.6) is 5.75 Å². The number of hydrogen-bond acceptors (Lipinski definition) is 5. The Morgan fingerprint density at radius 3 is 2.55 bits per heavy atom. The molecule has 29 heavy (non-hydrogen) atoms. The molecule has 5 heteroatoms. The van der Waals surface area contributed by atoms with E-state index >= 15 is 0 Å². The number of ether oxygens (including phenoxy) is 1. The van der Waals surface area contributed by atoms with E-state index in [1.54, 1.807) is 0 Å². The fourth-order valence-corrected chi connectivity index (χ4v) is 4.83. The van der Waals surface area contributed by atoms with Crippen LogP contribution in [0.4, 0.5) is 0 Å². The van der Waals surface area contributed by atoms with Crippen molar-refractivity contribution in [1.29, 1.82) is 0 Å². The predicted octanol–water partition coefficient (Wildman–Crippen LogP) is 4.24. The van der Waals surface area contributed by atoms with Gasteiger partial charge in [0.15, 0.2) is 0 Å². The molecule has 1 spiro atoms. The van der Waals surface area contributed by atoms with Gasteiger partial charge in [-0.25, -0.2) is 9.97 Å². The van der Waals surface area contributed by atoms with Crippen molar-refractivity contribution in [3.63, 3.8) is 0 Å². The maximum atomic E-state index is 6.66. The zero-order valence-corrected chi connectivity index (χ0v) is 18.3. The first kappa shape index (κ1) is 20.3. The average molecular weight is 395 g/mol. The summed E-state index contributed by atoms with van der Waals surface area (Å²) in [6.45, 7) is 7.13. The lowest BCUT2D eigenvalue weighted by Gasteiger charge is -2.43. The van der Waals surface area contributed by atoms with E-state index in [-0.39, 0.29) is 5.60 Å². The first-order chi connectivity index (χ1) is 13.9. The minimum Gasteiger partial charge on any atom is -0.486 e. The summed E-state index contributed by atoms with van der Waals surface area (Å²) in [5.41, 5.74) is 2.44. The molecule has 0 bridgehead atoms. The van der Waals surface area contributed by atoms with E-state index in [0.29, 0.717) is 12.0 Å². The average Bonchev–Trinajstić information content (AvgIpc) is 2.83. The van der Waals surface area contributed by atoms with Crippen LogP contribution in [0.3, 0.4) is 0 Å². The van der Waals surface area contributed by atoms with Crippen LogP contribution in [-0.4, -0.2) is 52.1 Å². The molecule has 1 aliphatic carbocycles. The first-order valence-corrected chi connectivity index (χ1v) is 10.9. The van der Waals surface area contributed by atoms with Gasteiger partial charge >= 0.3 is 0 Å². The van der Waals surface area contributed by atoms with Gasteiger partial charge in [0.25, 0.3) is 0 Å². The van der Waals surface area contributed by atoms with E-state index in [1.165, 1.54) is 11.1 Å². The molecule has 0 radical (unpaired) electrons. The van der Waals surface area contributed by atoms with Crippen LogP contribution in [0, 0.1) is 0 Å². The lowest BCUT2D eigenvalue weighted by Crippen LogP contribution is -2.50. The summed E-state index contributed by atoms with van der Waals surface area (Å²) in [5.74, 6) is 2.37. The molecule has 0 N–H and O–H groups in total. The van der Waals surface area contributed by atoms with E-state index < -0.39 is 0 Å². The zero-order chi connectivity index (χ0) is 20.4. The number of likely N-dealkylation sites (N-methyl/N-ethyl adjacent to an activating group) is 1. The van der Waals surface area contributed by atoms with Crippen LogP contribution < -0.4 is 4.74 Å². The van der Waals surface area contributed by atoms with Gasteiger partial charge < -0.3 is 4.74 Å². The molecule has 2 heterocycles. The van der Waals surface area contributed by atoms with Crippen molar-refractivity contribution < 1.29 is 4.74 Å². The van der Waals surface area contributed by atoms with E-state index in [9.17, 15) is 0 Å². The third kappa shape index (κ3) is 4.62. The highest BCUT2D eigenvalue weighted by atomic mass is 16.5. The number of hydrogen-bond donors (Lipinski definition) is 0. The Morgan fingerprint density at radius 2 is 1.86 bits per heavy atom. The van der Waals surface area contributed by atoms with Gasteiger partial charge in [0, 0.05) is 55.1 Å². The molecular formula is C24H34N4O. The van der Waals surface area contributed by atoms with Crippen molar-refractivity contribution in [1.82, 2.24) is 19.8 Å². The van der Waals surface area contributed by atoms with Crippen LogP contribution in [-0.2, 0) is 13.1 Å².